The van der Waals surface area contributed by atoms with E-state index in [0.29, 0.717) is 23.7 Å². The summed E-state index contributed by atoms with van der Waals surface area (Å²) in [6.45, 7) is 2.85. The Labute approximate surface area is 166 Å². The van der Waals surface area contributed by atoms with Gasteiger partial charge in [-0.1, -0.05) is 17.7 Å². The van der Waals surface area contributed by atoms with Crippen molar-refractivity contribution < 1.29 is 4.79 Å². The number of halogens is 1. The molecule has 1 saturated heterocycles. The van der Waals surface area contributed by atoms with E-state index in [1.165, 1.54) is 11.3 Å². The number of hydrogen-bond acceptors (Lipinski definition) is 5. The minimum absolute atomic E-state index is 0.0886. The SMILES string of the molecule is N#Cc1cc(N2CCCN(C(=O)c3cccs3)CC2)nc2ccc(Cl)cc12. The van der Waals surface area contributed by atoms with Gasteiger partial charge >= 0.3 is 0 Å². The predicted molar refractivity (Wildman–Crippen MR) is 109 cm³/mol. The number of nitrogens with zero attached hydrogens (tertiary/aromatic N) is 4. The molecular weight excluding hydrogens is 380 g/mol. The minimum atomic E-state index is 0.0886. The first kappa shape index (κ1) is 17.8. The Kier molecular flexibility index (Phi) is 4.97. The summed E-state index contributed by atoms with van der Waals surface area (Å²) in [4.78, 5) is 22.2. The maximum absolute atomic E-state index is 12.6. The predicted octanol–water partition coefficient (Wildman–Crippen LogP) is 4.17. The van der Waals surface area contributed by atoms with Crippen LogP contribution in [0.5, 0.6) is 0 Å². The molecule has 1 fully saturated rings. The molecule has 0 atom stereocenters. The first-order valence-electron chi connectivity index (χ1n) is 8.74. The fourth-order valence-electron chi connectivity index (χ4n) is 3.34. The monoisotopic (exact) mass is 396 g/mol. The average Bonchev–Trinajstić information content (AvgIpc) is 3.11. The number of carbonyl (C=O) groups excluding carboxylic acids is 1. The van der Waals surface area contributed by atoms with E-state index in [4.69, 9.17) is 16.6 Å². The zero-order valence-corrected chi connectivity index (χ0v) is 16.1. The van der Waals surface area contributed by atoms with E-state index in [0.717, 1.165) is 41.1 Å². The van der Waals surface area contributed by atoms with Crippen molar-refractivity contribution in [3.63, 3.8) is 0 Å². The van der Waals surface area contributed by atoms with Crippen molar-refractivity contribution in [3.8, 4) is 6.07 Å². The van der Waals surface area contributed by atoms with Gasteiger partial charge in [0, 0.05) is 36.6 Å². The zero-order valence-electron chi connectivity index (χ0n) is 14.6. The van der Waals surface area contributed by atoms with Crippen molar-refractivity contribution in [3.05, 3.63) is 57.2 Å². The van der Waals surface area contributed by atoms with Crippen LogP contribution in [0, 0.1) is 11.3 Å². The van der Waals surface area contributed by atoms with Gasteiger partial charge in [-0.15, -0.1) is 11.3 Å². The van der Waals surface area contributed by atoms with Crippen LogP contribution in [0.15, 0.2) is 41.8 Å². The maximum atomic E-state index is 12.6. The highest BCUT2D eigenvalue weighted by Crippen LogP contribution is 2.26. The molecule has 0 N–H and O–H groups in total. The third-order valence-electron chi connectivity index (χ3n) is 4.72. The van der Waals surface area contributed by atoms with Gasteiger partial charge < -0.3 is 9.80 Å². The number of thiophene rings is 1. The molecule has 0 spiro atoms. The zero-order chi connectivity index (χ0) is 18.8. The van der Waals surface area contributed by atoms with Gasteiger partial charge in [-0.25, -0.2) is 4.98 Å². The molecule has 0 unspecified atom stereocenters. The van der Waals surface area contributed by atoms with Gasteiger partial charge in [0.15, 0.2) is 0 Å². The lowest BCUT2D eigenvalue weighted by Gasteiger charge is -2.23. The van der Waals surface area contributed by atoms with Crippen LogP contribution in [0.3, 0.4) is 0 Å². The molecule has 5 nitrogen and oxygen atoms in total. The van der Waals surface area contributed by atoms with Gasteiger partial charge in [0.05, 0.1) is 22.0 Å². The van der Waals surface area contributed by atoms with E-state index < -0.39 is 0 Å². The number of benzene rings is 1. The first-order chi connectivity index (χ1) is 13.2. The van der Waals surface area contributed by atoms with Gasteiger partial charge in [-0.3, -0.25) is 4.79 Å². The minimum Gasteiger partial charge on any atom is -0.355 e. The lowest BCUT2D eigenvalue weighted by molar-refractivity contribution is 0.0772. The van der Waals surface area contributed by atoms with Crippen LogP contribution >= 0.6 is 22.9 Å². The van der Waals surface area contributed by atoms with Gasteiger partial charge in [0.2, 0.25) is 0 Å². The van der Waals surface area contributed by atoms with Crippen LogP contribution in [0.25, 0.3) is 10.9 Å². The summed E-state index contributed by atoms with van der Waals surface area (Å²) in [7, 11) is 0. The third kappa shape index (κ3) is 3.61. The van der Waals surface area contributed by atoms with Crippen molar-refractivity contribution in [2.24, 2.45) is 0 Å². The van der Waals surface area contributed by atoms with E-state index in [9.17, 15) is 10.1 Å². The van der Waals surface area contributed by atoms with Crippen LogP contribution in [0.4, 0.5) is 5.82 Å². The van der Waals surface area contributed by atoms with E-state index in [-0.39, 0.29) is 5.91 Å². The molecule has 1 aromatic carbocycles. The quantitative estimate of drug-likeness (QED) is 0.652. The van der Waals surface area contributed by atoms with Crippen LogP contribution < -0.4 is 4.90 Å². The Hall–Kier alpha value is -2.62. The molecule has 0 bridgehead atoms. The van der Waals surface area contributed by atoms with Gasteiger partial charge in [0.1, 0.15) is 5.82 Å². The molecule has 2 aromatic heterocycles. The number of carbonyl (C=O) groups is 1. The molecule has 0 saturated carbocycles. The summed E-state index contributed by atoms with van der Waals surface area (Å²) >= 11 is 7.53. The second-order valence-electron chi connectivity index (χ2n) is 6.41. The molecule has 1 amide bonds. The van der Waals surface area contributed by atoms with Crippen LogP contribution in [-0.4, -0.2) is 42.0 Å². The lowest BCUT2D eigenvalue weighted by atomic mass is 10.1. The highest BCUT2D eigenvalue weighted by atomic mass is 35.5. The molecule has 3 aromatic rings. The molecule has 4 rings (SSSR count). The van der Waals surface area contributed by atoms with E-state index in [2.05, 4.69) is 11.0 Å². The van der Waals surface area contributed by atoms with E-state index in [1.807, 2.05) is 34.5 Å². The number of hydrogen-bond donors (Lipinski definition) is 0. The average molecular weight is 397 g/mol. The number of fused-ring (bicyclic) bond motifs is 1. The number of aromatic nitrogens is 1. The Morgan fingerprint density at radius 3 is 2.85 bits per heavy atom. The summed E-state index contributed by atoms with van der Waals surface area (Å²) in [6.07, 6.45) is 0.860. The summed E-state index contributed by atoms with van der Waals surface area (Å²) in [5.74, 6) is 0.859. The molecular formula is C20H17ClN4OS. The number of amides is 1. The molecule has 1 aliphatic heterocycles. The van der Waals surface area contributed by atoms with E-state index >= 15 is 0 Å². The lowest BCUT2D eigenvalue weighted by Crippen LogP contribution is -2.35. The maximum Gasteiger partial charge on any atom is 0.263 e. The van der Waals surface area contributed by atoms with Gasteiger partial charge in [0.25, 0.3) is 5.91 Å². The first-order valence-corrected chi connectivity index (χ1v) is 9.99. The summed E-state index contributed by atoms with van der Waals surface area (Å²) in [6, 6.07) is 13.2. The largest absolute Gasteiger partial charge is 0.355 e. The summed E-state index contributed by atoms with van der Waals surface area (Å²) in [5.41, 5.74) is 1.32. The van der Waals surface area contributed by atoms with Crippen LogP contribution in [0.2, 0.25) is 5.02 Å². The van der Waals surface area contributed by atoms with Crippen molar-refractivity contribution >= 4 is 45.6 Å². The highest BCUT2D eigenvalue weighted by molar-refractivity contribution is 7.12. The summed E-state index contributed by atoms with van der Waals surface area (Å²) < 4.78 is 0. The third-order valence-corrected chi connectivity index (χ3v) is 5.81. The van der Waals surface area contributed by atoms with Crippen molar-refractivity contribution in [1.29, 1.82) is 5.26 Å². The Bertz CT molecular complexity index is 1030. The number of rotatable bonds is 2. The van der Waals surface area contributed by atoms with Gasteiger partial charge in [-0.2, -0.15) is 5.26 Å². The molecule has 136 valence electrons. The molecule has 7 heteroatoms. The Morgan fingerprint density at radius 2 is 2.07 bits per heavy atom. The second kappa shape index (κ2) is 7.55. The topological polar surface area (TPSA) is 60.2 Å². The number of pyridine rings is 1. The van der Waals surface area contributed by atoms with Crippen molar-refractivity contribution in [2.75, 3.05) is 31.1 Å². The van der Waals surface area contributed by atoms with Crippen LogP contribution in [0.1, 0.15) is 21.7 Å². The number of nitriles is 1. The normalized spacial score (nSPS) is 14.8. The van der Waals surface area contributed by atoms with Crippen LogP contribution in [-0.2, 0) is 0 Å². The highest BCUT2D eigenvalue weighted by Gasteiger charge is 2.22. The van der Waals surface area contributed by atoms with Gasteiger partial charge in [-0.05, 0) is 42.1 Å². The molecule has 3 heterocycles. The fourth-order valence-corrected chi connectivity index (χ4v) is 4.21. The molecule has 0 aliphatic carbocycles. The summed E-state index contributed by atoms with van der Waals surface area (Å²) in [5, 5.41) is 12.8. The molecule has 27 heavy (non-hydrogen) atoms. The molecule has 1 aliphatic rings. The smallest absolute Gasteiger partial charge is 0.263 e. The second-order valence-corrected chi connectivity index (χ2v) is 7.80. The number of anilines is 1. The van der Waals surface area contributed by atoms with E-state index in [1.54, 1.807) is 12.1 Å². The Balaban J connectivity index is 1.58. The standard InChI is InChI=1S/C20H17ClN4OS/c21-15-4-5-17-16(12-15)14(13-22)11-19(23-17)24-6-2-7-25(9-8-24)20(26)18-3-1-10-27-18/h1,3-5,10-12H,2,6-9H2. The van der Waals surface area contributed by atoms with Crippen molar-refractivity contribution in [1.82, 2.24) is 9.88 Å². The molecule has 0 radical (unpaired) electrons. The fraction of sp³-hybridized carbons (Fsp3) is 0.250. The van der Waals surface area contributed by atoms with Crippen molar-refractivity contribution in [2.45, 2.75) is 6.42 Å². The Morgan fingerprint density at radius 1 is 1.19 bits per heavy atom.